The second kappa shape index (κ2) is 6.20. The number of hydrogen-bond donors (Lipinski definition) is 4. The number of rotatable bonds is 6. The van der Waals surface area contributed by atoms with Gasteiger partial charge < -0.3 is 15.3 Å². The van der Waals surface area contributed by atoms with Gasteiger partial charge in [-0.1, -0.05) is 0 Å². The summed E-state index contributed by atoms with van der Waals surface area (Å²) in [5.74, 6) is -2.72. The lowest BCUT2D eigenvalue weighted by Crippen LogP contribution is -2.47. The number of aliphatic carboxylic acids is 1. The van der Waals surface area contributed by atoms with Gasteiger partial charge in [0.2, 0.25) is 10.0 Å². The van der Waals surface area contributed by atoms with Crippen molar-refractivity contribution in [3.8, 4) is 0 Å². The van der Waals surface area contributed by atoms with E-state index in [-0.39, 0.29) is 16.0 Å². The Morgan fingerprint density at radius 3 is 2.19 bits per heavy atom. The Kier molecular flexibility index (Phi) is 5.05. The Hall–Kier alpha value is -1.97. The number of carbonyl (C=O) groups is 2. The minimum Gasteiger partial charge on any atom is -0.480 e. The molecule has 21 heavy (non-hydrogen) atoms. The number of aryl methyl sites for hydroxylation is 1. The summed E-state index contributed by atoms with van der Waals surface area (Å²) >= 11 is 0. The molecule has 0 aliphatic rings. The molecular formula is C12H15NO7S. The number of aliphatic hydroxyl groups excluding tert-OH is 1. The van der Waals surface area contributed by atoms with Crippen molar-refractivity contribution < 1.29 is 33.3 Å². The second-order valence-corrected chi connectivity index (χ2v) is 6.17. The molecule has 0 amide bonds. The minimum atomic E-state index is -4.20. The maximum Gasteiger partial charge on any atom is 0.335 e. The highest BCUT2D eigenvalue weighted by Crippen LogP contribution is 2.16. The predicted molar refractivity (Wildman–Crippen MR) is 71.6 cm³/mol. The molecule has 1 aromatic rings. The monoisotopic (exact) mass is 317 g/mol. The van der Waals surface area contributed by atoms with Gasteiger partial charge in [-0.25, -0.2) is 13.2 Å². The topological polar surface area (TPSA) is 141 Å². The molecule has 0 heterocycles. The van der Waals surface area contributed by atoms with Gasteiger partial charge in [-0.05, 0) is 37.6 Å². The molecule has 9 heteroatoms. The lowest BCUT2D eigenvalue weighted by Gasteiger charge is -2.17. The van der Waals surface area contributed by atoms with Crippen LogP contribution in [-0.4, -0.2) is 47.8 Å². The summed E-state index contributed by atoms with van der Waals surface area (Å²) in [5, 5.41) is 27.0. The molecule has 0 spiro atoms. The molecule has 0 bridgehead atoms. The standard InChI is InChI=1S/C12H15NO7S/c1-6-5-8(3-4-9(6)11(15)16)21(19,20)13-10(7(2)14)12(17)18/h3-5,7,10,13-14H,1-2H3,(H,15,16)(H,17,18)/t7-,10-/m1/s1. The fourth-order valence-corrected chi connectivity index (χ4v) is 2.98. The summed E-state index contributed by atoms with van der Waals surface area (Å²) in [4.78, 5) is 21.5. The molecule has 0 radical (unpaired) electrons. The third-order valence-corrected chi connectivity index (χ3v) is 4.21. The number of sulfonamides is 1. The first-order chi connectivity index (χ1) is 9.56. The van der Waals surface area contributed by atoms with Crippen molar-refractivity contribution in [1.82, 2.24) is 4.72 Å². The highest BCUT2D eigenvalue weighted by molar-refractivity contribution is 7.89. The average molecular weight is 317 g/mol. The Balaban J connectivity index is 3.17. The van der Waals surface area contributed by atoms with Gasteiger partial charge in [0.25, 0.3) is 0 Å². The van der Waals surface area contributed by atoms with Gasteiger partial charge in [-0.2, -0.15) is 4.72 Å². The largest absolute Gasteiger partial charge is 0.480 e. The Morgan fingerprint density at radius 2 is 1.81 bits per heavy atom. The van der Waals surface area contributed by atoms with Crippen LogP contribution in [0.15, 0.2) is 23.1 Å². The Bertz CT molecular complexity index is 666. The zero-order chi connectivity index (χ0) is 16.4. The van der Waals surface area contributed by atoms with E-state index in [4.69, 9.17) is 10.2 Å². The van der Waals surface area contributed by atoms with Crippen molar-refractivity contribution in [3.63, 3.8) is 0 Å². The van der Waals surface area contributed by atoms with Crippen LogP contribution >= 0.6 is 0 Å². The van der Waals surface area contributed by atoms with E-state index in [0.29, 0.717) is 0 Å². The lowest BCUT2D eigenvalue weighted by molar-refractivity contribution is -0.141. The fourth-order valence-electron chi connectivity index (χ4n) is 1.63. The van der Waals surface area contributed by atoms with Gasteiger partial charge in [0.1, 0.15) is 6.04 Å². The summed E-state index contributed by atoms with van der Waals surface area (Å²) in [7, 11) is -4.20. The van der Waals surface area contributed by atoms with E-state index in [1.807, 2.05) is 4.72 Å². The van der Waals surface area contributed by atoms with Crippen LogP contribution in [0.5, 0.6) is 0 Å². The van der Waals surface area contributed by atoms with Crippen molar-refractivity contribution >= 4 is 22.0 Å². The quantitative estimate of drug-likeness (QED) is 0.569. The number of carboxylic acid groups (broad SMARTS) is 2. The molecule has 2 atom stereocenters. The molecule has 0 fully saturated rings. The molecule has 0 aliphatic carbocycles. The van der Waals surface area contributed by atoms with Crippen LogP contribution < -0.4 is 4.72 Å². The van der Waals surface area contributed by atoms with Gasteiger partial charge in [0, 0.05) is 0 Å². The number of nitrogens with one attached hydrogen (secondary N) is 1. The van der Waals surface area contributed by atoms with Crippen LogP contribution in [0.1, 0.15) is 22.8 Å². The molecule has 0 saturated heterocycles. The second-order valence-electron chi connectivity index (χ2n) is 4.46. The zero-order valence-corrected chi connectivity index (χ0v) is 12.1. The first-order valence-electron chi connectivity index (χ1n) is 5.83. The predicted octanol–water partition coefficient (Wildman–Crippen LogP) is -0.194. The van der Waals surface area contributed by atoms with Crippen molar-refractivity contribution in [2.75, 3.05) is 0 Å². The van der Waals surface area contributed by atoms with E-state index in [2.05, 4.69) is 0 Å². The fraction of sp³-hybridized carbons (Fsp3) is 0.333. The van der Waals surface area contributed by atoms with Crippen LogP contribution in [0.4, 0.5) is 0 Å². The summed E-state index contributed by atoms with van der Waals surface area (Å²) in [6.07, 6.45) is -1.43. The zero-order valence-electron chi connectivity index (χ0n) is 11.3. The highest BCUT2D eigenvalue weighted by Gasteiger charge is 2.29. The number of hydrogen-bond acceptors (Lipinski definition) is 5. The summed E-state index contributed by atoms with van der Waals surface area (Å²) in [5.41, 5.74) is 0.161. The van der Waals surface area contributed by atoms with Gasteiger partial charge in [-0.3, -0.25) is 4.79 Å². The van der Waals surface area contributed by atoms with E-state index in [0.717, 1.165) is 25.1 Å². The van der Waals surface area contributed by atoms with Crippen LogP contribution in [0, 0.1) is 6.92 Å². The van der Waals surface area contributed by atoms with Crippen LogP contribution in [0.2, 0.25) is 0 Å². The molecule has 0 unspecified atom stereocenters. The Morgan fingerprint density at radius 1 is 1.24 bits per heavy atom. The minimum absolute atomic E-state index is 0.0562. The van der Waals surface area contributed by atoms with Crippen LogP contribution in [-0.2, 0) is 14.8 Å². The number of aromatic carboxylic acids is 1. The van der Waals surface area contributed by atoms with E-state index >= 15 is 0 Å². The molecule has 0 aromatic heterocycles. The van der Waals surface area contributed by atoms with E-state index in [9.17, 15) is 23.1 Å². The first-order valence-corrected chi connectivity index (χ1v) is 7.31. The third kappa shape index (κ3) is 4.00. The molecule has 8 nitrogen and oxygen atoms in total. The summed E-state index contributed by atoms with van der Waals surface area (Å²) < 4.78 is 26.0. The van der Waals surface area contributed by atoms with Crippen molar-refractivity contribution in [2.24, 2.45) is 0 Å². The third-order valence-electron chi connectivity index (χ3n) is 2.77. The number of benzene rings is 1. The first kappa shape index (κ1) is 17.1. The van der Waals surface area contributed by atoms with E-state index in [1.165, 1.54) is 6.92 Å². The summed E-state index contributed by atoms with van der Waals surface area (Å²) in [6.45, 7) is 2.56. The molecule has 1 rings (SSSR count). The molecule has 0 aliphatic heterocycles. The van der Waals surface area contributed by atoms with Crippen molar-refractivity contribution in [3.05, 3.63) is 29.3 Å². The molecule has 116 valence electrons. The number of aliphatic hydroxyl groups is 1. The molecular weight excluding hydrogens is 302 g/mol. The van der Waals surface area contributed by atoms with Gasteiger partial charge in [0.15, 0.2) is 0 Å². The maximum absolute atomic E-state index is 12.1. The molecule has 1 aromatic carbocycles. The lowest BCUT2D eigenvalue weighted by atomic mass is 10.1. The van der Waals surface area contributed by atoms with E-state index < -0.39 is 34.1 Å². The molecule has 0 saturated carbocycles. The molecule has 4 N–H and O–H groups in total. The summed E-state index contributed by atoms with van der Waals surface area (Å²) in [6, 6.07) is 1.59. The van der Waals surface area contributed by atoms with E-state index in [1.54, 1.807) is 0 Å². The Labute approximate surface area is 121 Å². The van der Waals surface area contributed by atoms with Gasteiger partial charge >= 0.3 is 11.9 Å². The SMILES string of the molecule is Cc1cc(S(=O)(=O)N[C@@H](C(=O)O)[C@@H](C)O)ccc1C(=O)O. The van der Waals surface area contributed by atoms with Crippen molar-refractivity contribution in [2.45, 2.75) is 30.9 Å². The highest BCUT2D eigenvalue weighted by atomic mass is 32.2. The van der Waals surface area contributed by atoms with Crippen molar-refractivity contribution in [1.29, 1.82) is 0 Å². The average Bonchev–Trinajstić information content (AvgIpc) is 2.34. The van der Waals surface area contributed by atoms with Gasteiger partial charge in [0.05, 0.1) is 16.6 Å². The van der Waals surface area contributed by atoms with Crippen LogP contribution in [0.25, 0.3) is 0 Å². The smallest absolute Gasteiger partial charge is 0.335 e. The maximum atomic E-state index is 12.1. The van der Waals surface area contributed by atoms with Gasteiger partial charge in [-0.15, -0.1) is 0 Å². The normalized spacial score (nSPS) is 14.4. The van der Waals surface area contributed by atoms with Crippen LogP contribution in [0.3, 0.4) is 0 Å². The number of carboxylic acids is 2.